The third-order valence-corrected chi connectivity index (χ3v) is 3.44. The maximum absolute atomic E-state index is 11.0. The standard InChI is InChI=1S/C20H17NO3/c22-13-17-9-10-19(24-15-18-8-4-5-11-21-18)20(12-17)23-14-16-6-2-1-3-7-16/h1-13H,14-15H2. The Balaban J connectivity index is 1.74. The smallest absolute Gasteiger partial charge is 0.162 e. The molecule has 0 fully saturated rings. The molecule has 24 heavy (non-hydrogen) atoms. The lowest BCUT2D eigenvalue weighted by molar-refractivity contribution is 0.112. The second-order valence-electron chi connectivity index (χ2n) is 5.21. The van der Waals surface area contributed by atoms with Crippen LogP contribution in [0.5, 0.6) is 11.5 Å². The number of nitrogens with zero attached hydrogens (tertiary/aromatic N) is 1. The van der Waals surface area contributed by atoms with Crippen LogP contribution in [0.2, 0.25) is 0 Å². The van der Waals surface area contributed by atoms with Crippen molar-refractivity contribution in [2.24, 2.45) is 0 Å². The highest BCUT2D eigenvalue weighted by Crippen LogP contribution is 2.29. The number of ether oxygens (including phenoxy) is 2. The second-order valence-corrected chi connectivity index (χ2v) is 5.21. The van der Waals surface area contributed by atoms with Crippen molar-refractivity contribution in [2.75, 3.05) is 0 Å². The minimum atomic E-state index is 0.336. The van der Waals surface area contributed by atoms with Crippen molar-refractivity contribution < 1.29 is 14.3 Å². The Kier molecular flexibility index (Phi) is 5.20. The molecule has 0 amide bonds. The van der Waals surface area contributed by atoms with Gasteiger partial charge in [0.1, 0.15) is 19.5 Å². The number of pyridine rings is 1. The average Bonchev–Trinajstić information content (AvgIpc) is 2.66. The molecule has 0 saturated heterocycles. The van der Waals surface area contributed by atoms with E-state index in [4.69, 9.17) is 9.47 Å². The Morgan fingerprint density at radius 2 is 1.62 bits per heavy atom. The van der Waals surface area contributed by atoms with Crippen LogP contribution in [0.1, 0.15) is 21.6 Å². The summed E-state index contributed by atoms with van der Waals surface area (Å²) in [6.45, 7) is 0.742. The molecule has 4 heteroatoms. The Morgan fingerprint density at radius 3 is 2.38 bits per heavy atom. The van der Waals surface area contributed by atoms with E-state index in [1.54, 1.807) is 24.4 Å². The van der Waals surface area contributed by atoms with Crippen LogP contribution in [0.15, 0.2) is 72.9 Å². The number of aldehydes is 1. The van der Waals surface area contributed by atoms with Crippen molar-refractivity contribution in [1.82, 2.24) is 4.98 Å². The van der Waals surface area contributed by atoms with Crippen molar-refractivity contribution in [1.29, 1.82) is 0 Å². The van der Waals surface area contributed by atoms with Gasteiger partial charge in [-0.15, -0.1) is 0 Å². The van der Waals surface area contributed by atoms with Crippen LogP contribution in [0.4, 0.5) is 0 Å². The molecule has 1 heterocycles. The van der Waals surface area contributed by atoms with Crippen molar-refractivity contribution in [3.63, 3.8) is 0 Å². The molecular formula is C20H17NO3. The van der Waals surface area contributed by atoms with E-state index in [9.17, 15) is 4.79 Å². The summed E-state index contributed by atoms with van der Waals surface area (Å²) < 4.78 is 11.7. The van der Waals surface area contributed by atoms with E-state index in [1.165, 1.54) is 0 Å². The van der Waals surface area contributed by atoms with Crippen molar-refractivity contribution >= 4 is 6.29 Å². The minimum absolute atomic E-state index is 0.336. The van der Waals surface area contributed by atoms with Crippen LogP contribution in [0, 0.1) is 0 Å². The van der Waals surface area contributed by atoms with Gasteiger partial charge in [-0.05, 0) is 35.9 Å². The van der Waals surface area contributed by atoms with Crippen molar-refractivity contribution in [2.45, 2.75) is 13.2 Å². The van der Waals surface area contributed by atoms with Crippen molar-refractivity contribution in [3.05, 3.63) is 89.7 Å². The molecule has 0 bridgehead atoms. The van der Waals surface area contributed by atoms with Gasteiger partial charge in [-0.1, -0.05) is 36.4 Å². The zero-order chi connectivity index (χ0) is 16.6. The molecule has 0 N–H and O–H groups in total. The number of benzene rings is 2. The van der Waals surface area contributed by atoms with Gasteiger partial charge in [0.05, 0.1) is 5.69 Å². The summed E-state index contributed by atoms with van der Waals surface area (Å²) >= 11 is 0. The van der Waals surface area contributed by atoms with Crippen LogP contribution in [0.25, 0.3) is 0 Å². The molecular weight excluding hydrogens is 302 g/mol. The van der Waals surface area contributed by atoms with Crippen molar-refractivity contribution in [3.8, 4) is 11.5 Å². The van der Waals surface area contributed by atoms with Gasteiger partial charge in [-0.2, -0.15) is 0 Å². The number of carbonyl (C=O) groups is 1. The van der Waals surface area contributed by atoms with Crippen LogP contribution in [-0.2, 0) is 13.2 Å². The van der Waals surface area contributed by atoms with E-state index in [1.807, 2.05) is 48.5 Å². The fourth-order valence-corrected chi connectivity index (χ4v) is 2.20. The number of carbonyl (C=O) groups excluding carboxylic acids is 1. The number of hydrogen-bond acceptors (Lipinski definition) is 4. The predicted molar refractivity (Wildman–Crippen MR) is 91.2 cm³/mol. The molecule has 0 spiro atoms. The van der Waals surface area contributed by atoms with E-state index in [0.717, 1.165) is 17.5 Å². The van der Waals surface area contributed by atoms with Gasteiger partial charge >= 0.3 is 0 Å². The molecule has 3 rings (SSSR count). The van der Waals surface area contributed by atoms with Gasteiger partial charge in [-0.25, -0.2) is 0 Å². The molecule has 120 valence electrons. The minimum Gasteiger partial charge on any atom is -0.485 e. The highest BCUT2D eigenvalue weighted by Gasteiger charge is 2.08. The third-order valence-electron chi connectivity index (χ3n) is 3.44. The lowest BCUT2D eigenvalue weighted by atomic mass is 10.2. The van der Waals surface area contributed by atoms with E-state index in [-0.39, 0.29) is 0 Å². The van der Waals surface area contributed by atoms with Gasteiger partial charge in [0.25, 0.3) is 0 Å². The summed E-state index contributed by atoms with van der Waals surface area (Å²) in [5, 5.41) is 0. The Hall–Kier alpha value is -3.14. The molecule has 0 aliphatic carbocycles. The normalized spacial score (nSPS) is 10.2. The van der Waals surface area contributed by atoms with E-state index >= 15 is 0 Å². The molecule has 0 radical (unpaired) electrons. The molecule has 4 nitrogen and oxygen atoms in total. The summed E-state index contributed by atoms with van der Waals surface area (Å²) in [7, 11) is 0. The first-order valence-electron chi connectivity index (χ1n) is 7.64. The first-order valence-corrected chi connectivity index (χ1v) is 7.64. The first-order chi connectivity index (χ1) is 11.8. The summed E-state index contributed by atoms with van der Waals surface area (Å²) in [5.41, 5.74) is 2.42. The average molecular weight is 319 g/mol. The molecule has 1 aromatic heterocycles. The highest BCUT2D eigenvalue weighted by molar-refractivity contribution is 5.76. The molecule has 3 aromatic rings. The molecule has 0 unspecified atom stereocenters. The van der Waals surface area contributed by atoms with Gasteiger partial charge in [-0.3, -0.25) is 9.78 Å². The number of hydrogen-bond donors (Lipinski definition) is 0. The van der Waals surface area contributed by atoms with E-state index in [0.29, 0.717) is 30.3 Å². The summed E-state index contributed by atoms with van der Waals surface area (Å²) in [6, 6.07) is 20.6. The maximum Gasteiger partial charge on any atom is 0.162 e. The fraction of sp³-hybridized carbons (Fsp3) is 0.100. The van der Waals surface area contributed by atoms with Gasteiger partial charge in [0, 0.05) is 11.8 Å². The van der Waals surface area contributed by atoms with Crippen LogP contribution >= 0.6 is 0 Å². The summed E-state index contributed by atoms with van der Waals surface area (Å²) in [5.74, 6) is 1.13. The molecule has 0 atom stereocenters. The highest BCUT2D eigenvalue weighted by atomic mass is 16.5. The second kappa shape index (κ2) is 7.92. The van der Waals surface area contributed by atoms with Crippen LogP contribution in [-0.4, -0.2) is 11.3 Å². The predicted octanol–water partition coefficient (Wildman–Crippen LogP) is 4.05. The quantitative estimate of drug-likeness (QED) is 0.616. The molecule has 0 aliphatic heterocycles. The maximum atomic E-state index is 11.0. The summed E-state index contributed by atoms with van der Waals surface area (Å²) in [4.78, 5) is 15.2. The monoisotopic (exact) mass is 319 g/mol. The zero-order valence-electron chi connectivity index (χ0n) is 13.1. The van der Waals surface area contributed by atoms with Gasteiger partial charge in [0.15, 0.2) is 11.5 Å². The largest absolute Gasteiger partial charge is 0.485 e. The topological polar surface area (TPSA) is 48.4 Å². The third kappa shape index (κ3) is 4.20. The van der Waals surface area contributed by atoms with E-state index in [2.05, 4.69) is 4.98 Å². The van der Waals surface area contributed by atoms with Crippen LogP contribution < -0.4 is 9.47 Å². The lowest BCUT2D eigenvalue weighted by Crippen LogP contribution is -2.02. The van der Waals surface area contributed by atoms with E-state index < -0.39 is 0 Å². The Bertz CT molecular complexity index is 788. The number of rotatable bonds is 7. The number of aromatic nitrogens is 1. The Morgan fingerprint density at radius 1 is 0.833 bits per heavy atom. The van der Waals surface area contributed by atoms with Gasteiger partial charge in [0.2, 0.25) is 0 Å². The fourth-order valence-electron chi connectivity index (χ4n) is 2.20. The summed E-state index contributed by atoms with van der Waals surface area (Å²) in [6.07, 6.45) is 2.51. The van der Waals surface area contributed by atoms with Crippen LogP contribution in [0.3, 0.4) is 0 Å². The molecule has 2 aromatic carbocycles. The molecule has 0 aliphatic rings. The van der Waals surface area contributed by atoms with Gasteiger partial charge < -0.3 is 9.47 Å². The lowest BCUT2D eigenvalue weighted by Gasteiger charge is -2.13. The molecule has 0 saturated carbocycles. The Labute approximate surface area is 140 Å². The first kappa shape index (κ1) is 15.7. The SMILES string of the molecule is O=Cc1ccc(OCc2ccccn2)c(OCc2ccccc2)c1. The zero-order valence-corrected chi connectivity index (χ0v) is 13.1.